The zero-order chi connectivity index (χ0) is 18.7. The molecule has 2 aliphatic carbocycles. The van der Waals surface area contributed by atoms with Gasteiger partial charge in [-0.2, -0.15) is 0 Å². The number of rotatable bonds is 6. The molecule has 0 bridgehead atoms. The summed E-state index contributed by atoms with van der Waals surface area (Å²) in [6.45, 7) is 6.03. The SMILES string of the molecule is C=C(/C(F)=C\C(=C/CC)SC1CCC(=O)NC1=O)C1CCC2(CCC2)C1. The number of allylic oxidation sites excluding steroid dienone is 4. The molecule has 3 rings (SSSR count). The van der Waals surface area contributed by atoms with Crippen LogP contribution < -0.4 is 5.32 Å². The minimum Gasteiger partial charge on any atom is -0.295 e. The first kappa shape index (κ1) is 19.4. The third-order valence-corrected chi connectivity index (χ3v) is 7.35. The Morgan fingerprint density at radius 3 is 2.69 bits per heavy atom. The van der Waals surface area contributed by atoms with Crippen LogP contribution in [0.2, 0.25) is 0 Å². The third kappa shape index (κ3) is 4.30. The van der Waals surface area contributed by atoms with Gasteiger partial charge in [-0.1, -0.05) is 26.0 Å². The number of amides is 2. The summed E-state index contributed by atoms with van der Waals surface area (Å²) in [5.74, 6) is -0.515. The fourth-order valence-electron chi connectivity index (χ4n) is 4.34. The molecule has 0 aromatic heterocycles. The maximum absolute atomic E-state index is 14.9. The third-order valence-electron chi connectivity index (χ3n) is 6.06. The molecule has 0 radical (unpaired) electrons. The molecule has 1 aliphatic heterocycles. The highest BCUT2D eigenvalue weighted by Gasteiger charge is 2.44. The number of halogens is 1. The van der Waals surface area contributed by atoms with E-state index < -0.39 is 0 Å². The summed E-state index contributed by atoms with van der Waals surface area (Å²) in [5, 5.41) is 2.02. The Morgan fingerprint density at radius 1 is 1.35 bits per heavy atom. The van der Waals surface area contributed by atoms with E-state index in [1.165, 1.54) is 43.5 Å². The van der Waals surface area contributed by atoms with Crippen molar-refractivity contribution in [2.75, 3.05) is 0 Å². The van der Waals surface area contributed by atoms with Crippen LogP contribution in [-0.2, 0) is 9.59 Å². The number of piperidine rings is 1. The highest BCUT2D eigenvalue weighted by Crippen LogP contribution is 2.57. The maximum atomic E-state index is 14.9. The van der Waals surface area contributed by atoms with Gasteiger partial charge in [-0.15, -0.1) is 11.8 Å². The number of hydrogen-bond donors (Lipinski definition) is 1. The molecule has 142 valence electrons. The van der Waals surface area contributed by atoms with E-state index in [1.54, 1.807) is 0 Å². The lowest BCUT2D eigenvalue weighted by Crippen LogP contribution is -2.42. The lowest BCUT2D eigenvalue weighted by atomic mass is 9.67. The van der Waals surface area contributed by atoms with E-state index >= 15 is 0 Å². The predicted molar refractivity (Wildman–Crippen MR) is 104 cm³/mol. The van der Waals surface area contributed by atoms with Crippen molar-refractivity contribution < 1.29 is 14.0 Å². The van der Waals surface area contributed by atoms with Crippen molar-refractivity contribution >= 4 is 23.6 Å². The highest BCUT2D eigenvalue weighted by molar-refractivity contribution is 8.04. The van der Waals surface area contributed by atoms with Gasteiger partial charge in [0.05, 0.1) is 5.25 Å². The molecule has 1 spiro atoms. The van der Waals surface area contributed by atoms with Gasteiger partial charge in [-0.3, -0.25) is 14.9 Å². The van der Waals surface area contributed by atoms with Crippen LogP contribution in [0.1, 0.15) is 64.7 Å². The average molecular weight is 378 g/mol. The molecule has 2 atom stereocenters. The zero-order valence-electron chi connectivity index (χ0n) is 15.5. The monoisotopic (exact) mass is 377 g/mol. The lowest BCUT2D eigenvalue weighted by Gasteiger charge is -2.38. The van der Waals surface area contributed by atoms with Crippen molar-refractivity contribution in [2.24, 2.45) is 11.3 Å². The standard InChI is InChI=1S/C21H28FNO2S/c1-3-5-16(26-18-6-7-19(24)23-20(18)25)12-17(22)14(2)15-8-11-21(13-15)9-4-10-21/h5,12,15,18H,2-4,6-11,13H2,1H3,(H,23,24,25)/b16-5+,17-12+. The van der Waals surface area contributed by atoms with Crippen LogP contribution in [0.25, 0.3) is 0 Å². The van der Waals surface area contributed by atoms with Crippen molar-refractivity contribution in [3.8, 4) is 0 Å². The fourth-order valence-corrected chi connectivity index (χ4v) is 5.51. The normalized spacial score (nSPS) is 28.8. The second-order valence-corrected chi connectivity index (χ2v) is 9.16. The second kappa shape index (κ2) is 8.12. The van der Waals surface area contributed by atoms with Crippen molar-refractivity contribution in [3.05, 3.63) is 35.0 Å². The number of nitrogens with one attached hydrogen (secondary N) is 1. The van der Waals surface area contributed by atoms with Crippen LogP contribution in [0.15, 0.2) is 35.0 Å². The van der Waals surface area contributed by atoms with Gasteiger partial charge in [0.25, 0.3) is 0 Å². The summed E-state index contributed by atoms with van der Waals surface area (Å²) in [6, 6.07) is 0. The molecule has 1 N–H and O–H groups in total. The number of hydrogen-bond acceptors (Lipinski definition) is 3. The number of thioether (sulfide) groups is 1. The van der Waals surface area contributed by atoms with Crippen molar-refractivity contribution in [3.63, 3.8) is 0 Å². The second-order valence-electron chi connectivity index (χ2n) is 7.88. The Bertz CT molecular complexity index is 663. The molecule has 2 saturated carbocycles. The molecule has 3 fully saturated rings. The van der Waals surface area contributed by atoms with E-state index in [2.05, 4.69) is 11.9 Å². The van der Waals surface area contributed by atoms with Gasteiger partial charge in [0.15, 0.2) is 0 Å². The lowest BCUT2D eigenvalue weighted by molar-refractivity contribution is -0.132. The van der Waals surface area contributed by atoms with Crippen molar-refractivity contribution in [1.29, 1.82) is 0 Å². The molecule has 5 heteroatoms. The van der Waals surface area contributed by atoms with E-state index in [9.17, 15) is 14.0 Å². The van der Waals surface area contributed by atoms with Crippen LogP contribution in [0, 0.1) is 11.3 Å². The fraction of sp³-hybridized carbons (Fsp3) is 0.619. The summed E-state index contributed by atoms with van der Waals surface area (Å²) in [4.78, 5) is 24.0. The minimum absolute atomic E-state index is 0.228. The van der Waals surface area contributed by atoms with Gasteiger partial charge in [0.2, 0.25) is 11.8 Å². The van der Waals surface area contributed by atoms with E-state index in [0.717, 1.165) is 24.2 Å². The van der Waals surface area contributed by atoms with E-state index in [-0.39, 0.29) is 28.8 Å². The zero-order valence-corrected chi connectivity index (χ0v) is 16.3. The van der Waals surface area contributed by atoms with E-state index in [0.29, 0.717) is 23.8 Å². The van der Waals surface area contributed by atoms with Crippen molar-refractivity contribution in [2.45, 2.75) is 70.0 Å². The maximum Gasteiger partial charge on any atom is 0.240 e. The van der Waals surface area contributed by atoms with Crippen LogP contribution in [-0.4, -0.2) is 17.1 Å². The van der Waals surface area contributed by atoms with Gasteiger partial charge in [0, 0.05) is 11.3 Å². The Balaban J connectivity index is 1.64. The molecule has 0 aromatic carbocycles. The Morgan fingerprint density at radius 2 is 2.12 bits per heavy atom. The van der Waals surface area contributed by atoms with Crippen LogP contribution in [0.5, 0.6) is 0 Å². The summed E-state index contributed by atoms with van der Waals surface area (Å²) in [5.41, 5.74) is 1.08. The van der Waals surface area contributed by atoms with Crippen LogP contribution >= 0.6 is 11.8 Å². The van der Waals surface area contributed by atoms with Gasteiger partial charge >= 0.3 is 0 Å². The van der Waals surface area contributed by atoms with Crippen LogP contribution in [0.3, 0.4) is 0 Å². The molecule has 1 saturated heterocycles. The summed E-state index contributed by atoms with van der Waals surface area (Å²) < 4.78 is 14.9. The summed E-state index contributed by atoms with van der Waals surface area (Å²) >= 11 is 1.34. The van der Waals surface area contributed by atoms with E-state index in [4.69, 9.17) is 0 Å². The smallest absolute Gasteiger partial charge is 0.240 e. The van der Waals surface area contributed by atoms with Crippen molar-refractivity contribution in [1.82, 2.24) is 5.32 Å². The Hall–Kier alpha value is -1.36. The van der Waals surface area contributed by atoms with Gasteiger partial charge < -0.3 is 0 Å². The molecular weight excluding hydrogens is 349 g/mol. The Labute approximate surface area is 159 Å². The summed E-state index contributed by atoms with van der Waals surface area (Å²) in [6.07, 6.45) is 12.3. The molecule has 2 unspecified atom stereocenters. The minimum atomic E-state index is -0.340. The number of imide groups is 1. The first-order valence-electron chi connectivity index (χ1n) is 9.69. The van der Waals surface area contributed by atoms with Gasteiger partial charge in [0.1, 0.15) is 5.83 Å². The molecule has 0 aromatic rings. The molecule has 3 aliphatic rings. The quantitative estimate of drug-likeness (QED) is 0.511. The largest absolute Gasteiger partial charge is 0.295 e. The molecule has 1 heterocycles. The molecule has 26 heavy (non-hydrogen) atoms. The molecular formula is C21H28FNO2S. The first-order chi connectivity index (χ1) is 12.4. The summed E-state index contributed by atoms with van der Waals surface area (Å²) in [7, 11) is 0. The predicted octanol–water partition coefficient (Wildman–Crippen LogP) is 5.20. The van der Waals surface area contributed by atoms with Crippen LogP contribution in [0.4, 0.5) is 4.39 Å². The number of carbonyl (C=O) groups is 2. The highest BCUT2D eigenvalue weighted by atomic mass is 32.2. The Kier molecular flexibility index (Phi) is 6.06. The van der Waals surface area contributed by atoms with Gasteiger partial charge in [-0.25, -0.2) is 4.39 Å². The number of carbonyl (C=O) groups excluding carboxylic acids is 2. The molecule has 3 nitrogen and oxygen atoms in total. The van der Waals surface area contributed by atoms with E-state index in [1.807, 2.05) is 13.0 Å². The average Bonchev–Trinajstić information content (AvgIpc) is 3.03. The molecule has 2 amide bonds. The van der Waals surface area contributed by atoms with Gasteiger partial charge in [-0.05, 0) is 67.9 Å². The first-order valence-corrected chi connectivity index (χ1v) is 10.6. The topological polar surface area (TPSA) is 46.2 Å².